The molecule has 1 unspecified atom stereocenters. The molecule has 3 nitrogen and oxygen atoms in total. The fourth-order valence-electron chi connectivity index (χ4n) is 2.88. The highest BCUT2D eigenvalue weighted by Gasteiger charge is 2.26. The number of carbonyl (C=O) groups is 1. The van der Waals surface area contributed by atoms with E-state index in [0.29, 0.717) is 12.3 Å². The molecule has 3 rings (SSSR count). The van der Waals surface area contributed by atoms with Crippen molar-refractivity contribution in [3.05, 3.63) is 63.6 Å². The van der Waals surface area contributed by atoms with Crippen LogP contribution in [0, 0.1) is 6.92 Å². The monoisotopic (exact) mass is 373 g/mol. The van der Waals surface area contributed by atoms with Crippen molar-refractivity contribution in [2.75, 3.05) is 6.54 Å². The fourth-order valence-corrected chi connectivity index (χ4v) is 3.47. The molecule has 1 aliphatic heterocycles. The molecule has 2 aromatic carbocycles. The van der Waals surface area contributed by atoms with Crippen LogP contribution in [-0.2, 0) is 17.8 Å². The van der Waals surface area contributed by atoms with Crippen molar-refractivity contribution >= 4 is 21.8 Å². The van der Waals surface area contributed by atoms with Crippen LogP contribution in [0.4, 0.5) is 0 Å². The first-order valence-corrected chi connectivity index (χ1v) is 8.62. The van der Waals surface area contributed by atoms with Gasteiger partial charge in [0.05, 0.1) is 4.47 Å². The van der Waals surface area contributed by atoms with Crippen LogP contribution in [0.2, 0.25) is 0 Å². The Morgan fingerprint density at radius 2 is 1.96 bits per heavy atom. The molecule has 120 valence electrons. The van der Waals surface area contributed by atoms with Crippen molar-refractivity contribution in [3.8, 4) is 5.75 Å². The first-order chi connectivity index (χ1) is 11.0. The molecule has 1 aliphatic rings. The smallest absolute Gasteiger partial charge is 0.263 e. The maximum absolute atomic E-state index is 12.7. The number of amides is 1. The lowest BCUT2D eigenvalue weighted by Crippen LogP contribution is -2.43. The lowest BCUT2D eigenvalue weighted by Gasteiger charge is -2.31. The summed E-state index contributed by atoms with van der Waals surface area (Å²) in [5.41, 5.74) is 3.72. The van der Waals surface area contributed by atoms with Crippen LogP contribution in [0.1, 0.15) is 23.6 Å². The second-order valence-electron chi connectivity index (χ2n) is 5.97. The van der Waals surface area contributed by atoms with Crippen LogP contribution in [0.3, 0.4) is 0 Å². The maximum Gasteiger partial charge on any atom is 0.263 e. The zero-order valence-corrected chi connectivity index (χ0v) is 15.0. The summed E-state index contributed by atoms with van der Waals surface area (Å²) in [5, 5.41) is 0. The SMILES string of the molecule is Cc1ccc(OC(C)C(=O)N2CCc3ccccc3C2)c(Br)c1. The van der Waals surface area contributed by atoms with Gasteiger partial charge in [-0.15, -0.1) is 0 Å². The van der Waals surface area contributed by atoms with Gasteiger partial charge in [-0.2, -0.15) is 0 Å². The van der Waals surface area contributed by atoms with E-state index in [0.717, 1.165) is 23.0 Å². The molecule has 0 saturated heterocycles. The van der Waals surface area contributed by atoms with E-state index in [2.05, 4.69) is 34.1 Å². The molecule has 0 N–H and O–H groups in total. The van der Waals surface area contributed by atoms with Gasteiger partial charge in [-0.25, -0.2) is 0 Å². The predicted molar refractivity (Wildman–Crippen MR) is 94.5 cm³/mol. The van der Waals surface area contributed by atoms with Gasteiger partial charge in [-0.3, -0.25) is 4.79 Å². The van der Waals surface area contributed by atoms with E-state index in [9.17, 15) is 4.79 Å². The van der Waals surface area contributed by atoms with Gasteiger partial charge in [0, 0.05) is 13.1 Å². The number of ether oxygens (including phenoxy) is 1. The van der Waals surface area contributed by atoms with Crippen LogP contribution in [0.5, 0.6) is 5.75 Å². The highest BCUT2D eigenvalue weighted by molar-refractivity contribution is 9.10. The molecule has 23 heavy (non-hydrogen) atoms. The Morgan fingerprint density at radius 1 is 1.22 bits per heavy atom. The zero-order valence-electron chi connectivity index (χ0n) is 13.4. The molecule has 4 heteroatoms. The molecular weight excluding hydrogens is 354 g/mol. The molecule has 2 aromatic rings. The molecule has 0 bridgehead atoms. The predicted octanol–water partition coefficient (Wildman–Crippen LogP) is 4.11. The molecule has 0 aliphatic carbocycles. The van der Waals surface area contributed by atoms with Gasteiger partial charge >= 0.3 is 0 Å². The summed E-state index contributed by atoms with van der Waals surface area (Å²) in [4.78, 5) is 14.6. The molecule has 0 aromatic heterocycles. The minimum absolute atomic E-state index is 0.0342. The average Bonchev–Trinajstić information content (AvgIpc) is 2.56. The van der Waals surface area contributed by atoms with Crippen LogP contribution in [0.15, 0.2) is 46.9 Å². The normalized spacial score (nSPS) is 15.0. The average molecular weight is 374 g/mol. The van der Waals surface area contributed by atoms with Crippen molar-refractivity contribution < 1.29 is 9.53 Å². The van der Waals surface area contributed by atoms with Crippen molar-refractivity contribution in [2.45, 2.75) is 32.9 Å². The Hall–Kier alpha value is -1.81. The number of halogens is 1. The summed E-state index contributed by atoms with van der Waals surface area (Å²) in [7, 11) is 0. The Morgan fingerprint density at radius 3 is 2.70 bits per heavy atom. The standard InChI is InChI=1S/C19H20BrNO2/c1-13-7-8-18(17(20)11-13)23-14(2)19(22)21-10-9-15-5-3-4-6-16(15)12-21/h3-8,11,14H,9-10,12H2,1-2H3. The number of nitrogens with zero attached hydrogens (tertiary/aromatic N) is 1. The van der Waals surface area contributed by atoms with E-state index < -0.39 is 6.10 Å². The first-order valence-electron chi connectivity index (χ1n) is 7.83. The summed E-state index contributed by atoms with van der Waals surface area (Å²) in [5.74, 6) is 0.737. The lowest BCUT2D eigenvalue weighted by molar-refractivity contribution is -0.138. The van der Waals surface area contributed by atoms with Gasteiger partial charge in [0.25, 0.3) is 5.91 Å². The number of hydrogen-bond acceptors (Lipinski definition) is 2. The zero-order chi connectivity index (χ0) is 16.4. The summed E-state index contributed by atoms with van der Waals surface area (Å²) in [6, 6.07) is 14.2. The summed E-state index contributed by atoms with van der Waals surface area (Å²) in [6.07, 6.45) is 0.405. The number of aryl methyl sites for hydroxylation is 1. The van der Waals surface area contributed by atoms with E-state index in [1.807, 2.05) is 43.0 Å². The highest BCUT2D eigenvalue weighted by atomic mass is 79.9. The van der Waals surface area contributed by atoms with Crippen molar-refractivity contribution in [1.82, 2.24) is 4.90 Å². The Kier molecular flexibility index (Phi) is 4.71. The molecule has 1 atom stereocenters. The molecule has 0 spiro atoms. The molecule has 0 radical (unpaired) electrons. The molecule has 1 amide bonds. The molecule has 1 heterocycles. The Bertz CT molecular complexity index is 729. The quantitative estimate of drug-likeness (QED) is 0.809. The van der Waals surface area contributed by atoms with E-state index >= 15 is 0 Å². The minimum Gasteiger partial charge on any atom is -0.480 e. The minimum atomic E-state index is -0.501. The topological polar surface area (TPSA) is 29.5 Å². The first kappa shape index (κ1) is 16.1. The molecule has 0 saturated carbocycles. The molecular formula is C19H20BrNO2. The van der Waals surface area contributed by atoms with Gasteiger partial charge < -0.3 is 9.64 Å². The number of rotatable bonds is 3. The van der Waals surface area contributed by atoms with E-state index in [1.54, 1.807) is 0 Å². The third-order valence-corrected chi connectivity index (χ3v) is 4.80. The summed E-state index contributed by atoms with van der Waals surface area (Å²) < 4.78 is 6.74. The van der Waals surface area contributed by atoms with Crippen molar-refractivity contribution in [3.63, 3.8) is 0 Å². The number of carbonyl (C=O) groups excluding carboxylic acids is 1. The Labute approximate surface area is 145 Å². The van der Waals surface area contributed by atoms with E-state index in [1.165, 1.54) is 11.1 Å². The Balaban J connectivity index is 1.68. The second-order valence-corrected chi connectivity index (χ2v) is 6.83. The van der Waals surface area contributed by atoms with Crippen molar-refractivity contribution in [2.24, 2.45) is 0 Å². The van der Waals surface area contributed by atoms with E-state index in [-0.39, 0.29) is 5.91 Å². The van der Waals surface area contributed by atoms with Crippen LogP contribution >= 0.6 is 15.9 Å². The number of benzene rings is 2. The lowest BCUT2D eigenvalue weighted by atomic mass is 9.99. The van der Waals surface area contributed by atoms with E-state index in [4.69, 9.17) is 4.74 Å². The van der Waals surface area contributed by atoms with Gasteiger partial charge in [-0.1, -0.05) is 30.3 Å². The molecule has 0 fully saturated rings. The van der Waals surface area contributed by atoms with Gasteiger partial charge in [0.1, 0.15) is 5.75 Å². The van der Waals surface area contributed by atoms with Crippen LogP contribution in [0.25, 0.3) is 0 Å². The summed E-state index contributed by atoms with van der Waals surface area (Å²) in [6.45, 7) is 5.25. The van der Waals surface area contributed by atoms with Gasteiger partial charge in [0.15, 0.2) is 6.10 Å². The fraction of sp³-hybridized carbons (Fsp3) is 0.316. The third-order valence-electron chi connectivity index (χ3n) is 4.18. The van der Waals surface area contributed by atoms with Crippen molar-refractivity contribution in [1.29, 1.82) is 0 Å². The van der Waals surface area contributed by atoms with Gasteiger partial charge in [-0.05, 0) is 65.0 Å². The highest BCUT2D eigenvalue weighted by Crippen LogP contribution is 2.27. The largest absolute Gasteiger partial charge is 0.480 e. The van der Waals surface area contributed by atoms with Crippen LogP contribution < -0.4 is 4.74 Å². The third kappa shape index (κ3) is 3.58. The van der Waals surface area contributed by atoms with Crippen LogP contribution in [-0.4, -0.2) is 23.5 Å². The summed E-state index contributed by atoms with van der Waals surface area (Å²) >= 11 is 3.49. The number of hydrogen-bond donors (Lipinski definition) is 0. The number of fused-ring (bicyclic) bond motifs is 1. The van der Waals surface area contributed by atoms with Gasteiger partial charge in [0.2, 0.25) is 0 Å². The maximum atomic E-state index is 12.7. The second kappa shape index (κ2) is 6.75.